The van der Waals surface area contributed by atoms with Crippen LogP contribution in [0.2, 0.25) is 0 Å². The van der Waals surface area contributed by atoms with Gasteiger partial charge in [-0.1, -0.05) is 6.42 Å². The van der Waals surface area contributed by atoms with Crippen molar-refractivity contribution < 1.29 is 5.11 Å². The minimum absolute atomic E-state index is 0.363. The molecule has 0 radical (unpaired) electrons. The Labute approximate surface area is 107 Å². The van der Waals surface area contributed by atoms with E-state index in [1.54, 1.807) is 12.4 Å². The molecule has 0 spiro atoms. The van der Waals surface area contributed by atoms with Gasteiger partial charge in [-0.2, -0.15) is 5.26 Å². The van der Waals surface area contributed by atoms with Crippen molar-refractivity contribution in [2.45, 2.75) is 38.7 Å². The molecule has 2 aliphatic carbocycles. The number of nitriles is 1. The third-order valence-electron chi connectivity index (χ3n) is 4.97. The van der Waals surface area contributed by atoms with Crippen molar-refractivity contribution in [1.29, 1.82) is 5.26 Å². The zero-order valence-electron chi connectivity index (χ0n) is 10.6. The van der Waals surface area contributed by atoms with Gasteiger partial charge in [0.05, 0.1) is 17.6 Å². The topological polar surface area (TPSA) is 56.9 Å². The average Bonchev–Trinajstić information content (AvgIpc) is 2.99. The number of aliphatic hydroxyl groups excluding tert-OH is 1. The molecule has 0 saturated heterocycles. The Kier molecular flexibility index (Phi) is 2.64. The smallest absolute Gasteiger partial charge is 0.0996 e. The van der Waals surface area contributed by atoms with Gasteiger partial charge >= 0.3 is 0 Å². The predicted octanol–water partition coefficient (Wildman–Crippen LogP) is 2.75. The minimum atomic E-state index is -0.688. The van der Waals surface area contributed by atoms with Crippen molar-refractivity contribution >= 4 is 0 Å². The zero-order chi connectivity index (χ0) is 12.8. The van der Waals surface area contributed by atoms with Crippen LogP contribution in [-0.2, 0) is 0 Å². The largest absolute Gasteiger partial charge is 0.387 e. The Bertz CT molecular complexity index is 507. The first kappa shape index (κ1) is 11.7. The fraction of sp³-hybridized carbons (Fsp3) is 0.600. The molecule has 2 fully saturated rings. The molecule has 1 heterocycles. The van der Waals surface area contributed by atoms with Crippen LogP contribution in [0.4, 0.5) is 0 Å². The lowest BCUT2D eigenvalue weighted by Gasteiger charge is -2.36. The van der Waals surface area contributed by atoms with Crippen molar-refractivity contribution in [3.05, 3.63) is 29.6 Å². The van der Waals surface area contributed by atoms with Gasteiger partial charge in [0.15, 0.2) is 0 Å². The highest BCUT2D eigenvalue weighted by molar-refractivity contribution is 5.30. The maximum absolute atomic E-state index is 10.7. The number of hydrogen-bond acceptors (Lipinski definition) is 3. The number of aromatic nitrogens is 1. The summed E-state index contributed by atoms with van der Waals surface area (Å²) in [5.41, 5.74) is 1.28. The van der Waals surface area contributed by atoms with Gasteiger partial charge < -0.3 is 5.11 Å². The number of fused-ring (bicyclic) bond motifs is 2. The lowest BCUT2D eigenvalue weighted by Crippen LogP contribution is -2.33. The first-order valence-electron chi connectivity index (χ1n) is 6.67. The van der Waals surface area contributed by atoms with Gasteiger partial charge in [-0.05, 0) is 49.7 Å². The maximum Gasteiger partial charge on any atom is 0.0996 e. The second kappa shape index (κ2) is 4.07. The summed E-state index contributed by atoms with van der Waals surface area (Å²) in [4.78, 5) is 4.10. The second-order valence-electron chi connectivity index (χ2n) is 5.87. The van der Waals surface area contributed by atoms with E-state index in [4.69, 9.17) is 0 Å². The molecule has 1 N–H and O–H groups in total. The Morgan fingerprint density at radius 2 is 2.39 bits per heavy atom. The van der Waals surface area contributed by atoms with Crippen molar-refractivity contribution in [3.63, 3.8) is 0 Å². The second-order valence-corrected chi connectivity index (χ2v) is 5.87. The molecule has 4 unspecified atom stereocenters. The molecule has 1 aromatic heterocycles. The van der Waals surface area contributed by atoms with Crippen LogP contribution in [0.25, 0.3) is 0 Å². The SMILES string of the molecule is Cc1ccncc1C(O)C1(C#N)CC2CCC1C2. The van der Waals surface area contributed by atoms with E-state index in [9.17, 15) is 10.4 Å². The fourth-order valence-corrected chi connectivity index (χ4v) is 3.95. The molecule has 2 saturated carbocycles. The summed E-state index contributed by atoms with van der Waals surface area (Å²) >= 11 is 0. The number of hydrogen-bond donors (Lipinski definition) is 1. The maximum atomic E-state index is 10.7. The molecule has 2 aliphatic rings. The third-order valence-corrected chi connectivity index (χ3v) is 4.97. The fourth-order valence-electron chi connectivity index (χ4n) is 3.95. The Hall–Kier alpha value is -1.40. The van der Waals surface area contributed by atoms with Crippen molar-refractivity contribution in [1.82, 2.24) is 4.98 Å². The summed E-state index contributed by atoms with van der Waals surface area (Å²) in [7, 11) is 0. The quantitative estimate of drug-likeness (QED) is 0.867. The first-order valence-corrected chi connectivity index (χ1v) is 6.67. The number of aliphatic hydroxyl groups is 1. The number of aryl methyl sites for hydroxylation is 1. The predicted molar refractivity (Wildman–Crippen MR) is 67.4 cm³/mol. The van der Waals surface area contributed by atoms with Crippen LogP contribution >= 0.6 is 0 Å². The molecule has 0 aromatic carbocycles. The van der Waals surface area contributed by atoms with Crippen molar-refractivity contribution in [2.24, 2.45) is 17.3 Å². The van der Waals surface area contributed by atoms with Crippen LogP contribution < -0.4 is 0 Å². The van der Waals surface area contributed by atoms with Crippen LogP contribution in [0.15, 0.2) is 18.5 Å². The first-order chi connectivity index (χ1) is 8.67. The minimum Gasteiger partial charge on any atom is -0.387 e. The lowest BCUT2D eigenvalue weighted by atomic mass is 9.68. The van der Waals surface area contributed by atoms with Gasteiger partial charge in [-0.25, -0.2) is 0 Å². The summed E-state index contributed by atoms with van der Waals surface area (Å²) < 4.78 is 0. The molecular weight excluding hydrogens is 224 g/mol. The van der Waals surface area contributed by atoms with Crippen LogP contribution in [0.5, 0.6) is 0 Å². The van der Waals surface area contributed by atoms with Crippen LogP contribution in [0, 0.1) is 35.5 Å². The molecular formula is C15H18N2O. The number of nitrogens with zero attached hydrogens (tertiary/aromatic N) is 2. The van der Waals surface area contributed by atoms with Crippen molar-refractivity contribution in [2.75, 3.05) is 0 Å². The molecule has 3 heteroatoms. The number of pyridine rings is 1. The molecule has 94 valence electrons. The van der Waals surface area contributed by atoms with E-state index in [0.29, 0.717) is 11.8 Å². The van der Waals surface area contributed by atoms with E-state index in [0.717, 1.165) is 30.4 Å². The van der Waals surface area contributed by atoms with E-state index in [1.165, 1.54) is 6.42 Å². The van der Waals surface area contributed by atoms with Gasteiger partial charge in [0.2, 0.25) is 0 Å². The highest BCUT2D eigenvalue weighted by Crippen LogP contribution is 2.60. The zero-order valence-corrected chi connectivity index (χ0v) is 10.6. The monoisotopic (exact) mass is 242 g/mol. The van der Waals surface area contributed by atoms with E-state index in [2.05, 4.69) is 11.1 Å². The standard InChI is InChI=1S/C15H18N2O/c1-10-4-5-17-8-13(10)14(18)15(9-16)7-11-2-3-12(15)6-11/h4-5,8,11-12,14,18H,2-3,6-7H2,1H3. The third kappa shape index (κ3) is 1.49. The summed E-state index contributed by atoms with van der Waals surface area (Å²) in [5.74, 6) is 1.00. The Balaban J connectivity index is 1.99. The van der Waals surface area contributed by atoms with Gasteiger partial charge in [0, 0.05) is 18.0 Å². The van der Waals surface area contributed by atoms with E-state index >= 15 is 0 Å². The van der Waals surface area contributed by atoms with Gasteiger partial charge in [-0.3, -0.25) is 4.98 Å². The Morgan fingerprint density at radius 1 is 1.56 bits per heavy atom. The molecule has 4 atom stereocenters. The summed E-state index contributed by atoms with van der Waals surface area (Å²) in [6, 6.07) is 4.36. The molecule has 0 amide bonds. The van der Waals surface area contributed by atoms with E-state index < -0.39 is 11.5 Å². The molecule has 18 heavy (non-hydrogen) atoms. The molecule has 0 aliphatic heterocycles. The normalized spacial score (nSPS) is 35.4. The molecule has 2 bridgehead atoms. The van der Waals surface area contributed by atoms with E-state index in [1.807, 2.05) is 13.0 Å². The van der Waals surface area contributed by atoms with Crippen LogP contribution in [0.3, 0.4) is 0 Å². The summed E-state index contributed by atoms with van der Waals surface area (Å²) in [6.07, 6.45) is 7.04. The van der Waals surface area contributed by atoms with Gasteiger partial charge in [0.25, 0.3) is 0 Å². The summed E-state index contributed by atoms with van der Waals surface area (Å²) in [6.45, 7) is 1.97. The van der Waals surface area contributed by atoms with E-state index in [-0.39, 0.29) is 0 Å². The van der Waals surface area contributed by atoms with Crippen molar-refractivity contribution in [3.8, 4) is 6.07 Å². The van der Waals surface area contributed by atoms with Gasteiger partial charge in [0.1, 0.15) is 0 Å². The van der Waals surface area contributed by atoms with Gasteiger partial charge in [-0.15, -0.1) is 0 Å². The average molecular weight is 242 g/mol. The Morgan fingerprint density at radius 3 is 2.94 bits per heavy atom. The molecule has 3 nitrogen and oxygen atoms in total. The summed E-state index contributed by atoms with van der Waals surface area (Å²) in [5, 5.41) is 20.3. The molecule has 1 aromatic rings. The lowest BCUT2D eigenvalue weighted by molar-refractivity contribution is 0.0226. The highest BCUT2D eigenvalue weighted by Gasteiger charge is 2.55. The highest BCUT2D eigenvalue weighted by atomic mass is 16.3. The van der Waals surface area contributed by atoms with Crippen LogP contribution in [0.1, 0.15) is 42.9 Å². The van der Waals surface area contributed by atoms with Crippen LogP contribution in [-0.4, -0.2) is 10.1 Å². The number of rotatable bonds is 2. The molecule has 3 rings (SSSR count).